The van der Waals surface area contributed by atoms with E-state index in [2.05, 4.69) is 22.5 Å². The van der Waals surface area contributed by atoms with Crippen LogP contribution in [-0.2, 0) is 11.2 Å². The molecule has 6 heteroatoms. The van der Waals surface area contributed by atoms with Crippen LogP contribution in [0.3, 0.4) is 0 Å². The molecule has 1 aromatic carbocycles. The largest absolute Gasteiger partial charge is 0.484 e. The maximum atomic E-state index is 12.0. The molecule has 1 aromatic heterocycles. The molecule has 2 aromatic rings. The van der Waals surface area contributed by atoms with Crippen LogP contribution in [0.2, 0.25) is 0 Å². The van der Waals surface area contributed by atoms with Crippen molar-refractivity contribution >= 4 is 17.4 Å². The van der Waals surface area contributed by atoms with Crippen molar-refractivity contribution in [1.82, 2.24) is 4.98 Å². The van der Waals surface area contributed by atoms with Gasteiger partial charge < -0.3 is 20.5 Å². The number of pyridine rings is 1. The van der Waals surface area contributed by atoms with E-state index in [-0.39, 0.29) is 25.2 Å². The number of nitrogens with one attached hydrogen (secondary N) is 2. The van der Waals surface area contributed by atoms with Crippen LogP contribution in [-0.4, -0.2) is 35.3 Å². The number of aryl methyl sites for hydroxylation is 1. The molecule has 0 radical (unpaired) electrons. The van der Waals surface area contributed by atoms with Gasteiger partial charge >= 0.3 is 0 Å². The molecule has 0 fully saturated rings. The van der Waals surface area contributed by atoms with Crippen LogP contribution < -0.4 is 15.4 Å². The van der Waals surface area contributed by atoms with Gasteiger partial charge in [0.2, 0.25) is 0 Å². The number of benzene rings is 1. The predicted octanol–water partition coefficient (Wildman–Crippen LogP) is 2.84. The van der Waals surface area contributed by atoms with Crippen LogP contribution in [0.15, 0.2) is 42.6 Å². The van der Waals surface area contributed by atoms with Gasteiger partial charge in [-0.25, -0.2) is 4.98 Å². The van der Waals surface area contributed by atoms with E-state index >= 15 is 0 Å². The Kier molecular flexibility index (Phi) is 7.22. The van der Waals surface area contributed by atoms with Gasteiger partial charge in [0.1, 0.15) is 11.6 Å². The third kappa shape index (κ3) is 6.08. The summed E-state index contributed by atoms with van der Waals surface area (Å²) >= 11 is 0. The van der Waals surface area contributed by atoms with E-state index in [1.54, 1.807) is 18.3 Å². The number of amides is 1. The minimum absolute atomic E-state index is 0.0274. The summed E-state index contributed by atoms with van der Waals surface area (Å²) < 4.78 is 5.47. The Balaban J connectivity index is 1.81. The smallest absolute Gasteiger partial charge is 0.262 e. The molecule has 6 nitrogen and oxygen atoms in total. The lowest BCUT2D eigenvalue weighted by molar-refractivity contribution is -0.118. The lowest BCUT2D eigenvalue weighted by atomic mass is 10.2. The number of carbonyl (C=O) groups excluding carboxylic acids is 1. The second-order valence-electron chi connectivity index (χ2n) is 5.70. The standard InChI is InChI=1S/C19H25N3O3/c1-3-14-5-8-17(9-6-14)25-13-19(24)22-16-7-10-18(20-11-16)21-15(4-2)12-23/h5-11,15,23H,3-4,12-13H2,1-2H3,(H,20,21)(H,22,24). The van der Waals surface area contributed by atoms with Gasteiger partial charge in [0.05, 0.1) is 24.5 Å². The summed E-state index contributed by atoms with van der Waals surface area (Å²) in [5.41, 5.74) is 1.82. The minimum Gasteiger partial charge on any atom is -0.484 e. The van der Waals surface area contributed by atoms with Crippen molar-refractivity contribution in [2.75, 3.05) is 23.8 Å². The Morgan fingerprint density at radius 3 is 2.52 bits per heavy atom. The number of carbonyl (C=O) groups is 1. The molecule has 2 rings (SSSR count). The monoisotopic (exact) mass is 343 g/mol. The van der Waals surface area contributed by atoms with Crippen LogP contribution in [0.5, 0.6) is 5.75 Å². The molecule has 3 N–H and O–H groups in total. The van der Waals surface area contributed by atoms with Crippen LogP contribution in [0.4, 0.5) is 11.5 Å². The van der Waals surface area contributed by atoms with E-state index < -0.39 is 0 Å². The van der Waals surface area contributed by atoms with Crippen LogP contribution >= 0.6 is 0 Å². The minimum atomic E-state index is -0.246. The Hall–Kier alpha value is -2.60. The van der Waals surface area contributed by atoms with Crippen molar-refractivity contribution in [1.29, 1.82) is 0 Å². The fourth-order valence-electron chi connectivity index (χ4n) is 2.21. The first-order chi connectivity index (χ1) is 12.1. The molecule has 1 heterocycles. The zero-order valence-electron chi connectivity index (χ0n) is 14.7. The zero-order valence-corrected chi connectivity index (χ0v) is 14.7. The Morgan fingerprint density at radius 2 is 1.96 bits per heavy atom. The summed E-state index contributed by atoms with van der Waals surface area (Å²) in [5.74, 6) is 1.08. The van der Waals surface area contributed by atoms with E-state index in [1.165, 1.54) is 5.56 Å². The molecular weight excluding hydrogens is 318 g/mol. The van der Waals surface area contributed by atoms with Crippen LogP contribution in [0.1, 0.15) is 25.8 Å². The van der Waals surface area contributed by atoms with Crippen molar-refractivity contribution in [2.24, 2.45) is 0 Å². The van der Waals surface area contributed by atoms with Gasteiger partial charge in [0.15, 0.2) is 6.61 Å². The van der Waals surface area contributed by atoms with Gasteiger partial charge in [-0.1, -0.05) is 26.0 Å². The summed E-state index contributed by atoms with van der Waals surface area (Å²) in [6, 6.07) is 11.2. The van der Waals surface area contributed by atoms with E-state index in [0.29, 0.717) is 17.3 Å². The number of hydrogen-bond acceptors (Lipinski definition) is 5. The third-order valence-corrected chi connectivity index (χ3v) is 3.81. The number of aromatic nitrogens is 1. The first-order valence-electron chi connectivity index (χ1n) is 8.49. The molecule has 1 atom stereocenters. The van der Waals surface area contributed by atoms with E-state index in [0.717, 1.165) is 12.8 Å². The predicted molar refractivity (Wildman–Crippen MR) is 99.0 cm³/mol. The molecule has 0 spiro atoms. The summed E-state index contributed by atoms with van der Waals surface area (Å²) in [7, 11) is 0. The van der Waals surface area contributed by atoms with Crippen LogP contribution in [0, 0.1) is 0 Å². The van der Waals surface area contributed by atoms with Crippen LogP contribution in [0.25, 0.3) is 0 Å². The molecule has 0 saturated carbocycles. The summed E-state index contributed by atoms with van der Waals surface area (Å²) in [4.78, 5) is 16.2. The second-order valence-corrected chi connectivity index (χ2v) is 5.70. The van der Waals surface area contributed by atoms with Gasteiger partial charge in [-0.15, -0.1) is 0 Å². The van der Waals surface area contributed by atoms with E-state index in [1.807, 2.05) is 31.2 Å². The van der Waals surface area contributed by atoms with Crippen molar-refractivity contribution in [3.8, 4) is 5.75 Å². The van der Waals surface area contributed by atoms with Crippen molar-refractivity contribution in [3.63, 3.8) is 0 Å². The second kappa shape index (κ2) is 9.64. The lowest BCUT2D eigenvalue weighted by Gasteiger charge is -2.14. The topological polar surface area (TPSA) is 83.5 Å². The molecule has 0 aliphatic carbocycles. The quantitative estimate of drug-likeness (QED) is 0.652. The van der Waals surface area contributed by atoms with Gasteiger partial charge in [0.25, 0.3) is 5.91 Å². The highest BCUT2D eigenvalue weighted by Crippen LogP contribution is 2.14. The average molecular weight is 343 g/mol. The summed E-state index contributed by atoms with van der Waals surface area (Å²) in [6.07, 6.45) is 3.34. The number of ether oxygens (including phenoxy) is 1. The zero-order chi connectivity index (χ0) is 18.1. The SMILES string of the molecule is CCc1ccc(OCC(=O)Nc2ccc(NC(CC)CO)nc2)cc1. The highest BCUT2D eigenvalue weighted by atomic mass is 16.5. The fraction of sp³-hybridized carbons (Fsp3) is 0.368. The number of rotatable bonds is 9. The molecular formula is C19H25N3O3. The van der Waals surface area contributed by atoms with Crippen molar-refractivity contribution in [3.05, 3.63) is 48.2 Å². The molecule has 0 bridgehead atoms. The van der Waals surface area contributed by atoms with E-state index in [9.17, 15) is 9.90 Å². The molecule has 0 aliphatic rings. The first-order valence-corrected chi connectivity index (χ1v) is 8.49. The lowest BCUT2D eigenvalue weighted by Crippen LogP contribution is -2.23. The highest BCUT2D eigenvalue weighted by Gasteiger charge is 2.07. The highest BCUT2D eigenvalue weighted by molar-refractivity contribution is 5.91. The van der Waals surface area contributed by atoms with Gasteiger partial charge in [-0.05, 0) is 42.7 Å². The average Bonchev–Trinajstić information content (AvgIpc) is 2.66. The normalized spacial score (nSPS) is 11.6. The molecule has 134 valence electrons. The molecule has 1 amide bonds. The van der Waals surface area contributed by atoms with Crippen molar-refractivity contribution in [2.45, 2.75) is 32.7 Å². The number of hydrogen-bond donors (Lipinski definition) is 3. The summed E-state index contributed by atoms with van der Waals surface area (Å²) in [5, 5.41) is 15.0. The Labute approximate surface area is 148 Å². The van der Waals surface area contributed by atoms with Gasteiger partial charge in [-0.3, -0.25) is 4.79 Å². The number of aliphatic hydroxyl groups is 1. The molecule has 25 heavy (non-hydrogen) atoms. The molecule has 1 unspecified atom stereocenters. The van der Waals surface area contributed by atoms with Gasteiger partial charge in [0, 0.05) is 0 Å². The summed E-state index contributed by atoms with van der Waals surface area (Å²) in [6.45, 7) is 4.06. The number of nitrogens with zero attached hydrogens (tertiary/aromatic N) is 1. The number of anilines is 2. The number of aliphatic hydroxyl groups excluding tert-OH is 1. The maximum Gasteiger partial charge on any atom is 0.262 e. The molecule has 0 saturated heterocycles. The van der Waals surface area contributed by atoms with E-state index in [4.69, 9.17) is 4.74 Å². The fourth-order valence-corrected chi connectivity index (χ4v) is 2.21. The molecule has 0 aliphatic heterocycles. The Morgan fingerprint density at radius 1 is 1.20 bits per heavy atom. The Bertz CT molecular complexity index is 653. The third-order valence-electron chi connectivity index (χ3n) is 3.81. The maximum absolute atomic E-state index is 12.0. The van der Waals surface area contributed by atoms with Gasteiger partial charge in [-0.2, -0.15) is 0 Å². The van der Waals surface area contributed by atoms with Crippen molar-refractivity contribution < 1.29 is 14.6 Å². The first kappa shape index (κ1) is 18.7.